The maximum atomic E-state index is 13.1. The second kappa shape index (κ2) is 7.67. The molecule has 1 heterocycles. The van der Waals surface area contributed by atoms with E-state index < -0.39 is 28.9 Å². The summed E-state index contributed by atoms with van der Waals surface area (Å²) in [6.07, 6.45) is -2.16. The highest BCUT2D eigenvalue weighted by Gasteiger charge is 2.35. The Hall–Kier alpha value is -3.06. The molecule has 27 heavy (non-hydrogen) atoms. The predicted molar refractivity (Wildman–Crippen MR) is 92.3 cm³/mol. The van der Waals surface area contributed by atoms with Gasteiger partial charge in [-0.05, 0) is 37.3 Å². The van der Waals surface area contributed by atoms with Crippen LogP contribution in [0.2, 0.25) is 0 Å². The lowest BCUT2D eigenvalue weighted by molar-refractivity contribution is -0.137. The first-order valence-corrected chi connectivity index (χ1v) is 7.73. The standard InChI is InChI=1S/C16H12F3N5O2S/c1-15(26,8-24-7-10(5-20)6-22-24)14(25)23-11-2-3-13(21-9-27)12(4-11)16(17,18)19/h2-4,6-7,26H,8H2,1H3,(H,23,25)/t15-/m0/s1. The van der Waals surface area contributed by atoms with Gasteiger partial charge in [-0.15, -0.1) is 0 Å². The largest absolute Gasteiger partial charge is 0.418 e. The molecule has 1 aromatic heterocycles. The Labute approximate surface area is 156 Å². The summed E-state index contributed by atoms with van der Waals surface area (Å²) in [5.41, 5.74) is -3.50. The van der Waals surface area contributed by atoms with E-state index in [4.69, 9.17) is 5.26 Å². The number of alkyl halides is 3. The van der Waals surface area contributed by atoms with Crippen LogP contribution in [0.4, 0.5) is 24.5 Å². The SMILES string of the molecule is C[C@](O)(Cn1cc(C#N)cn1)C(=O)Nc1ccc(N=C=S)c(C(F)(F)F)c1. The van der Waals surface area contributed by atoms with Crippen LogP contribution in [0, 0.1) is 11.3 Å². The maximum Gasteiger partial charge on any atom is 0.418 e. The molecule has 1 atom stereocenters. The van der Waals surface area contributed by atoms with E-state index in [-0.39, 0.29) is 17.8 Å². The summed E-state index contributed by atoms with van der Waals surface area (Å²) in [7, 11) is 0. The van der Waals surface area contributed by atoms with Gasteiger partial charge in [0.15, 0.2) is 5.60 Å². The number of aromatic nitrogens is 2. The minimum Gasteiger partial charge on any atom is -0.378 e. The van der Waals surface area contributed by atoms with Crippen LogP contribution in [-0.4, -0.2) is 31.6 Å². The van der Waals surface area contributed by atoms with Crippen molar-refractivity contribution < 1.29 is 23.1 Å². The van der Waals surface area contributed by atoms with Gasteiger partial charge >= 0.3 is 6.18 Å². The third kappa shape index (κ3) is 4.98. The summed E-state index contributed by atoms with van der Waals surface area (Å²) in [5, 5.41) is 27.0. The molecule has 0 spiro atoms. The Balaban J connectivity index is 2.23. The van der Waals surface area contributed by atoms with E-state index in [1.54, 1.807) is 0 Å². The number of aliphatic hydroxyl groups is 1. The van der Waals surface area contributed by atoms with E-state index in [0.717, 1.165) is 6.07 Å². The van der Waals surface area contributed by atoms with E-state index in [1.807, 2.05) is 11.2 Å². The van der Waals surface area contributed by atoms with E-state index >= 15 is 0 Å². The molecule has 0 fully saturated rings. The Morgan fingerprint density at radius 1 is 1.48 bits per heavy atom. The molecule has 0 radical (unpaired) electrons. The number of anilines is 1. The van der Waals surface area contributed by atoms with Crippen molar-refractivity contribution in [3.8, 4) is 6.07 Å². The molecule has 0 bridgehead atoms. The van der Waals surface area contributed by atoms with Gasteiger partial charge in [0.2, 0.25) is 0 Å². The average molecular weight is 395 g/mol. The highest BCUT2D eigenvalue weighted by atomic mass is 32.1. The zero-order valence-corrected chi connectivity index (χ0v) is 14.6. The number of nitriles is 1. The van der Waals surface area contributed by atoms with Gasteiger partial charge in [0.1, 0.15) is 6.07 Å². The smallest absolute Gasteiger partial charge is 0.378 e. The first kappa shape index (κ1) is 20.3. The summed E-state index contributed by atoms with van der Waals surface area (Å²) >= 11 is 4.33. The molecular weight excluding hydrogens is 383 g/mol. The number of nitrogens with zero attached hydrogens (tertiary/aromatic N) is 4. The van der Waals surface area contributed by atoms with Gasteiger partial charge < -0.3 is 10.4 Å². The molecule has 1 amide bonds. The van der Waals surface area contributed by atoms with Gasteiger partial charge in [0, 0.05) is 11.9 Å². The van der Waals surface area contributed by atoms with Crippen LogP contribution < -0.4 is 5.32 Å². The second-order valence-corrected chi connectivity index (χ2v) is 5.88. The van der Waals surface area contributed by atoms with Crippen molar-refractivity contribution in [1.29, 1.82) is 5.26 Å². The number of amides is 1. The summed E-state index contributed by atoms with van der Waals surface area (Å²) in [4.78, 5) is 15.6. The molecule has 0 saturated heterocycles. The Kier molecular flexibility index (Phi) is 5.75. The molecule has 0 aliphatic rings. The number of benzene rings is 1. The van der Waals surface area contributed by atoms with E-state index in [2.05, 4.69) is 27.6 Å². The van der Waals surface area contributed by atoms with Gasteiger partial charge in [-0.25, -0.2) is 0 Å². The van der Waals surface area contributed by atoms with E-state index in [9.17, 15) is 23.1 Å². The molecule has 0 unspecified atom stereocenters. The summed E-state index contributed by atoms with van der Waals surface area (Å²) in [6, 6.07) is 4.74. The Morgan fingerprint density at radius 3 is 2.74 bits per heavy atom. The first-order chi connectivity index (χ1) is 12.6. The predicted octanol–water partition coefficient (Wildman–Crippen LogP) is 2.90. The lowest BCUT2D eigenvalue weighted by atomic mass is 10.1. The summed E-state index contributed by atoms with van der Waals surface area (Å²) in [6.45, 7) is 0.867. The van der Waals surface area contributed by atoms with Crippen molar-refractivity contribution >= 4 is 34.7 Å². The maximum absolute atomic E-state index is 13.1. The quantitative estimate of drug-likeness (QED) is 0.599. The fraction of sp³-hybridized carbons (Fsp3) is 0.250. The Bertz CT molecular complexity index is 956. The number of isothiocyanates is 1. The highest BCUT2D eigenvalue weighted by Crippen LogP contribution is 2.38. The van der Waals surface area contributed by atoms with Gasteiger partial charge in [0.05, 0.1) is 34.7 Å². The summed E-state index contributed by atoms with van der Waals surface area (Å²) < 4.78 is 40.6. The number of aliphatic imine (C=N–C) groups is 1. The summed E-state index contributed by atoms with van der Waals surface area (Å²) in [5.74, 6) is -0.948. The van der Waals surface area contributed by atoms with E-state index in [1.165, 1.54) is 30.1 Å². The van der Waals surface area contributed by atoms with Crippen LogP contribution in [0.5, 0.6) is 0 Å². The van der Waals surface area contributed by atoms with Gasteiger partial charge in [0.25, 0.3) is 5.91 Å². The number of carbonyl (C=O) groups excluding carboxylic acids is 1. The lowest BCUT2D eigenvalue weighted by Crippen LogP contribution is -2.43. The molecular formula is C16H12F3N5O2S. The molecule has 0 aliphatic carbocycles. The number of halogens is 3. The topological polar surface area (TPSA) is 103 Å². The van der Waals surface area contributed by atoms with Crippen molar-refractivity contribution in [2.75, 3.05) is 5.32 Å². The molecule has 2 rings (SSSR count). The lowest BCUT2D eigenvalue weighted by Gasteiger charge is -2.22. The van der Waals surface area contributed by atoms with Crippen LogP contribution >= 0.6 is 12.2 Å². The fourth-order valence-corrected chi connectivity index (χ4v) is 2.25. The van der Waals surface area contributed by atoms with Gasteiger partial charge in [-0.1, -0.05) is 0 Å². The molecule has 0 aliphatic heterocycles. The first-order valence-electron chi connectivity index (χ1n) is 7.32. The highest BCUT2D eigenvalue weighted by molar-refractivity contribution is 7.78. The molecule has 7 nitrogen and oxygen atoms in total. The van der Waals surface area contributed by atoms with Gasteiger partial charge in [-0.3, -0.25) is 9.48 Å². The third-order valence-electron chi connectivity index (χ3n) is 3.45. The van der Waals surface area contributed by atoms with E-state index in [0.29, 0.717) is 6.07 Å². The number of thiocarbonyl (C=S) groups is 1. The zero-order chi connectivity index (χ0) is 20.2. The van der Waals surface area contributed by atoms with Crippen molar-refractivity contribution in [3.63, 3.8) is 0 Å². The van der Waals surface area contributed by atoms with Crippen LogP contribution in [0.3, 0.4) is 0 Å². The van der Waals surface area contributed by atoms with Crippen molar-refractivity contribution in [2.45, 2.75) is 25.2 Å². The molecule has 2 N–H and O–H groups in total. The minimum atomic E-state index is -4.73. The number of hydrogen-bond donors (Lipinski definition) is 2. The normalized spacial score (nSPS) is 13.2. The number of nitrogens with one attached hydrogen (secondary N) is 1. The van der Waals surface area contributed by atoms with Crippen LogP contribution in [0.25, 0.3) is 0 Å². The minimum absolute atomic E-state index is 0.186. The second-order valence-electron chi connectivity index (χ2n) is 5.70. The number of hydrogen-bond acceptors (Lipinski definition) is 6. The van der Waals surface area contributed by atoms with Crippen LogP contribution in [0.15, 0.2) is 35.6 Å². The van der Waals surface area contributed by atoms with Crippen LogP contribution in [0.1, 0.15) is 18.1 Å². The number of rotatable bonds is 5. The molecule has 140 valence electrons. The molecule has 11 heteroatoms. The zero-order valence-electron chi connectivity index (χ0n) is 13.8. The molecule has 1 aromatic carbocycles. The Morgan fingerprint density at radius 2 is 2.19 bits per heavy atom. The fourth-order valence-electron chi connectivity index (χ4n) is 2.15. The molecule has 0 saturated carbocycles. The average Bonchev–Trinajstić information content (AvgIpc) is 3.02. The van der Waals surface area contributed by atoms with Crippen molar-refractivity contribution in [2.24, 2.45) is 4.99 Å². The third-order valence-corrected chi connectivity index (χ3v) is 3.54. The van der Waals surface area contributed by atoms with Gasteiger partial charge in [-0.2, -0.15) is 28.5 Å². The van der Waals surface area contributed by atoms with Crippen molar-refractivity contribution in [1.82, 2.24) is 9.78 Å². The molecule has 2 aromatic rings. The monoisotopic (exact) mass is 395 g/mol. The van der Waals surface area contributed by atoms with Crippen LogP contribution in [-0.2, 0) is 17.5 Å². The number of carbonyl (C=O) groups is 1. The van der Waals surface area contributed by atoms with Crippen molar-refractivity contribution in [3.05, 3.63) is 41.7 Å².